The van der Waals surface area contributed by atoms with Crippen LogP contribution in [0.3, 0.4) is 0 Å². The van der Waals surface area contributed by atoms with Gasteiger partial charge < -0.3 is 4.57 Å². The predicted molar refractivity (Wildman–Crippen MR) is 29.7 cm³/mol. The van der Waals surface area contributed by atoms with Gasteiger partial charge in [-0.15, -0.1) is 0 Å². The number of halogens is 1. The molecule has 0 heterocycles. The van der Waals surface area contributed by atoms with Crippen LogP contribution in [-0.4, -0.2) is 13.3 Å². The molecule has 0 N–H and O–H groups in total. The van der Waals surface area contributed by atoms with Gasteiger partial charge in [-0.05, 0) is 13.3 Å². The van der Waals surface area contributed by atoms with Crippen LogP contribution in [0.2, 0.25) is 0 Å². The molecule has 1 nitrogen and oxygen atoms in total. The SMILES string of the molecule is CP(C)(=O)/C=C/F. The van der Waals surface area contributed by atoms with Crippen LogP contribution >= 0.6 is 7.14 Å². The molecule has 7 heavy (non-hydrogen) atoms. The van der Waals surface area contributed by atoms with Gasteiger partial charge in [-0.25, -0.2) is 4.39 Å². The monoisotopic (exact) mass is 122 g/mol. The maximum absolute atomic E-state index is 11.1. The molecule has 0 atom stereocenters. The van der Waals surface area contributed by atoms with Crippen LogP contribution in [0.25, 0.3) is 0 Å². The Hall–Kier alpha value is -0.100. The van der Waals surface area contributed by atoms with Crippen molar-refractivity contribution in [2.45, 2.75) is 0 Å². The molecule has 0 fully saturated rings. The summed E-state index contributed by atoms with van der Waals surface area (Å²) in [4.78, 5) is 0. The highest BCUT2D eigenvalue weighted by Gasteiger charge is 1.96. The van der Waals surface area contributed by atoms with Crippen LogP contribution in [0.5, 0.6) is 0 Å². The fourth-order valence-electron chi connectivity index (χ4n) is 0.136. The minimum absolute atomic E-state index is 0.320. The summed E-state index contributed by atoms with van der Waals surface area (Å²) in [5.74, 6) is 1.08. The maximum atomic E-state index is 11.1. The highest BCUT2D eigenvalue weighted by Crippen LogP contribution is 2.37. The zero-order valence-electron chi connectivity index (χ0n) is 4.39. The molecule has 0 bridgehead atoms. The van der Waals surface area contributed by atoms with E-state index in [0.29, 0.717) is 6.33 Å². The van der Waals surface area contributed by atoms with Crippen molar-refractivity contribution in [3.05, 3.63) is 12.1 Å². The van der Waals surface area contributed by atoms with E-state index < -0.39 is 7.14 Å². The highest BCUT2D eigenvalue weighted by atomic mass is 31.2. The summed E-state index contributed by atoms with van der Waals surface area (Å²) in [5, 5.41) is 0. The van der Waals surface area contributed by atoms with Gasteiger partial charge in [-0.1, -0.05) is 0 Å². The molecule has 0 aromatic heterocycles. The van der Waals surface area contributed by atoms with Crippen LogP contribution in [0.15, 0.2) is 12.1 Å². The van der Waals surface area contributed by atoms with Gasteiger partial charge in [0.15, 0.2) is 0 Å². The van der Waals surface area contributed by atoms with Crippen LogP contribution in [-0.2, 0) is 4.57 Å². The Kier molecular flexibility index (Phi) is 2.24. The second-order valence-corrected chi connectivity index (χ2v) is 4.88. The Labute approximate surface area is 42.6 Å². The molecule has 0 amide bonds. The lowest BCUT2D eigenvalue weighted by atomic mass is 11.2. The van der Waals surface area contributed by atoms with Crippen molar-refractivity contribution >= 4 is 7.14 Å². The average molecular weight is 122 g/mol. The Bertz CT molecular complexity index is 113. The zero-order chi connectivity index (χ0) is 5.91. The Morgan fingerprint density at radius 1 is 1.57 bits per heavy atom. The van der Waals surface area contributed by atoms with Gasteiger partial charge in [0.1, 0.15) is 7.14 Å². The topological polar surface area (TPSA) is 17.1 Å². The van der Waals surface area contributed by atoms with Gasteiger partial charge in [0, 0.05) is 5.82 Å². The summed E-state index contributed by atoms with van der Waals surface area (Å²) in [7, 11) is -2.22. The first-order chi connectivity index (χ1) is 3.06. The first-order valence-corrected chi connectivity index (χ1v) is 4.56. The summed E-state index contributed by atoms with van der Waals surface area (Å²) in [6.07, 6.45) is 0.320. The smallest absolute Gasteiger partial charge is 0.105 e. The van der Waals surface area contributed by atoms with E-state index in [1.807, 2.05) is 0 Å². The van der Waals surface area contributed by atoms with E-state index in [1.165, 1.54) is 13.3 Å². The molecule has 42 valence electrons. The van der Waals surface area contributed by atoms with Crippen molar-refractivity contribution in [2.24, 2.45) is 0 Å². The molecule has 0 saturated carbocycles. The van der Waals surface area contributed by atoms with E-state index in [1.54, 1.807) is 0 Å². The molecule has 0 aliphatic heterocycles. The van der Waals surface area contributed by atoms with Crippen LogP contribution in [0, 0.1) is 0 Å². The molecular weight excluding hydrogens is 114 g/mol. The van der Waals surface area contributed by atoms with Crippen molar-refractivity contribution in [3.8, 4) is 0 Å². The molecule has 0 unspecified atom stereocenters. The third kappa shape index (κ3) is 5.90. The summed E-state index contributed by atoms with van der Waals surface area (Å²) in [6, 6.07) is 0. The molecule has 0 aromatic carbocycles. The minimum atomic E-state index is -2.22. The summed E-state index contributed by atoms with van der Waals surface area (Å²) < 4.78 is 21.6. The van der Waals surface area contributed by atoms with E-state index in [2.05, 4.69) is 0 Å². The summed E-state index contributed by atoms with van der Waals surface area (Å²) in [6.45, 7) is 3.01. The molecule has 0 aromatic rings. The first kappa shape index (κ1) is 6.90. The number of hydrogen-bond donors (Lipinski definition) is 0. The highest BCUT2D eigenvalue weighted by molar-refractivity contribution is 7.65. The average Bonchev–Trinajstić information content (AvgIpc) is 1.30. The van der Waals surface area contributed by atoms with Gasteiger partial charge in [0.2, 0.25) is 0 Å². The van der Waals surface area contributed by atoms with Gasteiger partial charge in [-0.3, -0.25) is 0 Å². The molecule has 0 spiro atoms. The fraction of sp³-hybridized carbons (Fsp3) is 0.500. The normalized spacial score (nSPS) is 13.0. The molecule has 0 aliphatic rings. The number of hydrogen-bond acceptors (Lipinski definition) is 1. The largest absolute Gasteiger partial charge is 0.320 e. The van der Waals surface area contributed by atoms with Crippen molar-refractivity contribution in [2.75, 3.05) is 13.3 Å². The predicted octanol–water partition coefficient (Wildman–Crippen LogP) is 2.05. The van der Waals surface area contributed by atoms with Crippen molar-refractivity contribution < 1.29 is 8.96 Å². The molecule has 0 aliphatic carbocycles. The van der Waals surface area contributed by atoms with Crippen LogP contribution in [0.4, 0.5) is 4.39 Å². The quantitative estimate of drug-likeness (QED) is 0.486. The third-order valence-corrected chi connectivity index (χ3v) is 1.25. The molecular formula is C4H8FOP. The zero-order valence-corrected chi connectivity index (χ0v) is 5.28. The van der Waals surface area contributed by atoms with E-state index in [-0.39, 0.29) is 0 Å². The van der Waals surface area contributed by atoms with E-state index >= 15 is 0 Å². The maximum Gasteiger partial charge on any atom is 0.105 e. The molecule has 0 rings (SSSR count). The van der Waals surface area contributed by atoms with Crippen LogP contribution < -0.4 is 0 Å². The van der Waals surface area contributed by atoms with Crippen LogP contribution in [0.1, 0.15) is 0 Å². The first-order valence-electron chi connectivity index (χ1n) is 1.89. The van der Waals surface area contributed by atoms with Gasteiger partial charge in [-0.2, -0.15) is 0 Å². The molecule has 0 saturated heterocycles. The van der Waals surface area contributed by atoms with Crippen molar-refractivity contribution in [1.82, 2.24) is 0 Å². The lowest BCUT2D eigenvalue weighted by Crippen LogP contribution is -1.61. The van der Waals surface area contributed by atoms with Crippen molar-refractivity contribution in [1.29, 1.82) is 0 Å². The Morgan fingerprint density at radius 2 is 2.00 bits per heavy atom. The van der Waals surface area contributed by atoms with E-state index in [9.17, 15) is 8.96 Å². The van der Waals surface area contributed by atoms with E-state index in [4.69, 9.17) is 0 Å². The third-order valence-electron chi connectivity index (χ3n) is 0.415. The Morgan fingerprint density at radius 3 is 2.00 bits per heavy atom. The second-order valence-electron chi connectivity index (χ2n) is 1.71. The van der Waals surface area contributed by atoms with E-state index in [0.717, 1.165) is 5.82 Å². The second kappa shape index (κ2) is 2.27. The van der Waals surface area contributed by atoms with Crippen molar-refractivity contribution in [3.63, 3.8) is 0 Å². The summed E-state index contributed by atoms with van der Waals surface area (Å²) >= 11 is 0. The Balaban J connectivity index is 3.82. The minimum Gasteiger partial charge on any atom is -0.320 e. The number of rotatable bonds is 1. The fourth-order valence-corrected chi connectivity index (χ4v) is 0.407. The van der Waals surface area contributed by atoms with Gasteiger partial charge in [0.25, 0.3) is 0 Å². The summed E-state index contributed by atoms with van der Waals surface area (Å²) in [5.41, 5.74) is 0. The lowest BCUT2D eigenvalue weighted by Gasteiger charge is -1.91. The molecule has 0 radical (unpaired) electrons. The lowest BCUT2D eigenvalue weighted by molar-refractivity contribution is 0.587. The standard InChI is InChI=1S/C4H8FOP/c1-7(2,6)4-3-5/h3-4H,1-2H3/b4-3+. The molecule has 3 heteroatoms. The van der Waals surface area contributed by atoms with Gasteiger partial charge >= 0.3 is 0 Å². The van der Waals surface area contributed by atoms with Gasteiger partial charge in [0.05, 0.1) is 6.33 Å².